The van der Waals surface area contributed by atoms with Crippen LogP contribution in [0.4, 0.5) is 13.2 Å². The van der Waals surface area contributed by atoms with Gasteiger partial charge in [0.05, 0.1) is 18.6 Å². The second-order valence-corrected chi connectivity index (χ2v) is 9.62. The van der Waals surface area contributed by atoms with Crippen LogP contribution in [0.5, 0.6) is 11.5 Å². The van der Waals surface area contributed by atoms with Gasteiger partial charge >= 0.3 is 5.97 Å². The molecule has 1 N–H and O–H groups in total. The van der Waals surface area contributed by atoms with Crippen LogP contribution in [0.25, 0.3) is 11.1 Å². The summed E-state index contributed by atoms with van der Waals surface area (Å²) in [4.78, 5) is 12.7. The first kappa shape index (κ1) is 27.5. The molecule has 1 fully saturated rings. The highest BCUT2D eigenvalue weighted by molar-refractivity contribution is 5.75. The predicted molar refractivity (Wildman–Crippen MR) is 139 cm³/mol. The van der Waals surface area contributed by atoms with E-state index in [0.29, 0.717) is 55.6 Å². The van der Waals surface area contributed by atoms with Gasteiger partial charge < -0.3 is 14.6 Å². The maximum absolute atomic E-state index is 15.1. The zero-order valence-electron chi connectivity index (χ0n) is 21.3. The number of benzene rings is 3. The number of hydrogen-bond acceptors (Lipinski definition) is 4. The lowest BCUT2D eigenvalue weighted by Gasteiger charge is -2.28. The third kappa shape index (κ3) is 6.27. The van der Waals surface area contributed by atoms with Crippen LogP contribution in [-0.4, -0.2) is 17.7 Å². The summed E-state index contributed by atoms with van der Waals surface area (Å²) < 4.78 is 55.2. The van der Waals surface area contributed by atoms with Crippen LogP contribution >= 0.6 is 0 Å². The minimum absolute atomic E-state index is 0.153. The highest BCUT2D eigenvalue weighted by Gasteiger charge is 2.31. The van der Waals surface area contributed by atoms with Crippen molar-refractivity contribution in [3.63, 3.8) is 0 Å². The van der Waals surface area contributed by atoms with Gasteiger partial charge in [0.2, 0.25) is 0 Å². The molecular formula is C31H31F3O4. The Morgan fingerprint density at radius 3 is 2.37 bits per heavy atom. The van der Waals surface area contributed by atoms with Crippen LogP contribution in [0, 0.1) is 23.4 Å². The van der Waals surface area contributed by atoms with Crippen molar-refractivity contribution in [1.82, 2.24) is 0 Å². The standard InChI is InChI=1S/C31H31F3O4/c1-3-4-17-37-24-13-16-28(27(32)18-24)38-31(36)23-11-9-22(10-12-23)26-15-14-25(29(33)30(26)34)21-7-5-20(6-8-21)19(2)35/h3,5-8,13-16,18-19,22-23,35H,1,4,9-12,17H2,2H3. The fourth-order valence-corrected chi connectivity index (χ4v) is 4.79. The summed E-state index contributed by atoms with van der Waals surface area (Å²) in [6, 6.07) is 13.9. The molecule has 1 saturated carbocycles. The molecule has 3 aromatic carbocycles. The third-order valence-corrected chi connectivity index (χ3v) is 7.02. The van der Waals surface area contributed by atoms with Gasteiger partial charge in [0.15, 0.2) is 23.2 Å². The zero-order valence-corrected chi connectivity index (χ0v) is 21.3. The first-order valence-electron chi connectivity index (χ1n) is 12.8. The number of aliphatic hydroxyl groups is 1. The summed E-state index contributed by atoms with van der Waals surface area (Å²) in [5.41, 5.74) is 1.65. The number of ether oxygens (including phenoxy) is 2. The highest BCUT2D eigenvalue weighted by Crippen LogP contribution is 2.39. The molecule has 4 rings (SSSR count). The Morgan fingerprint density at radius 1 is 1.03 bits per heavy atom. The Balaban J connectivity index is 1.37. The van der Waals surface area contributed by atoms with Crippen LogP contribution in [0.2, 0.25) is 0 Å². The molecule has 1 aliphatic rings. The number of rotatable bonds is 9. The van der Waals surface area contributed by atoms with Crippen molar-refractivity contribution in [3.8, 4) is 22.6 Å². The Bertz CT molecular complexity index is 1280. The molecule has 4 nitrogen and oxygen atoms in total. The number of esters is 1. The molecule has 0 spiro atoms. The molecule has 38 heavy (non-hydrogen) atoms. The van der Waals surface area contributed by atoms with Gasteiger partial charge in [-0.1, -0.05) is 42.5 Å². The summed E-state index contributed by atoms with van der Waals surface area (Å²) >= 11 is 0. The average Bonchev–Trinajstić information content (AvgIpc) is 2.92. The number of hydrogen-bond donors (Lipinski definition) is 1. The molecule has 0 radical (unpaired) electrons. The first-order valence-corrected chi connectivity index (χ1v) is 12.8. The Kier molecular flexibility index (Phi) is 8.89. The summed E-state index contributed by atoms with van der Waals surface area (Å²) in [6.07, 6.45) is 3.50. The van der Waals surface area contributed by atoms with Gasteiger partial charge in [0.1, 0.15) is 5.75 Å². The maximum atomic E-state index is 15.1. The molecule has 7 heteroatoms. The number of halogens is 3. The molecule has 0 aliphatic heterocycles. The molecule has 200 valence electrons. The van der Waals surface area contributed by atoms with Crippen molar-refractivity contribution in [1.29, 1.82) is 0 Å². The van der Waals surface area contributed by atoms with Gasteiger partial charge in [-0.25, -0.2) is 13.2 Å². The fourth-order valence-electron chi connectivity index (χ4n) is 4.79. The molecule has 1 aliphatic carbocycles. The lowest BCUT2D eigenvalue weighted by molar-refractivity contribution is -0.140. The summed E-state index contributed by atoms with van der Waals surface area (Å²) in [5, 5.41) is 9.66. The van der Waals surface area contributed by atoms with Gasteiger partial charge in [-0.2, -0.15) is 0 Å². The summed E-state index contributed by atoms with van der Waals surface area (Å²) in [7, 11) is 0. The lowest BCUT2D eigenvalue weighted by Crippen LogP contribution is -2.25. The monoisotopic (exact) mass is 524 g/mol. The van der Waals surface area contributed by atoms with E-state index < -0.39 is 35.4 Å². The van der Waals surface area contributed by atoms with Crippen molar-refractivity contribution in [2.75, 3.05) is 6.61 Å². The fraction of sp³-hybridized carbons (Fsp3) is 0.323. The van der Waals surface area contributed by atoms with Crippen molar-refractivity contribution >= 4 is 5.97 Å². The van der Waals surface area contributed by atoms with Crippen molar-refractivity contribution in [3.05, 3.63) is 95.8 Å². The predicted octanol–water partition coefficient (Wildman–Crippen LogP) is 7.66. The van der Waals surface area contributed by atoms with Crippen molar-refractivity contribution in [2.24, 2.45) is 5.92 Å². The van der Waals surface area contributed by atoms with E-state index in [4.69, 9.17) is 9.47 Å². The van der Waals surface area contributed by atoms with E-state index in [1.165, 1.54) is 18.2 Å². The Labute approximate surface area is 220 Å². The van der Waals surface area contributed by atoms with E-state index in [0.717, 1.165) is 0 Å². The van der Waals surface area contributed by atoms with Gasteiger partial charge in [-0.05, 0) is 73.8 Å². The second-order valence-electron chi connectivity index (χ2n) is 9.62. The minimum atomic E-state index is -0.916. The average molecular weight is 525 g/mol. The number of carbonyl (C=O) groups is 1. The van der Waals surface area contributed by atoms with E-state index in [2.05, 4.69) is 6.58 Å². The third-order valence-electron chi connectivity index (χ3n) is 7.02. The van der Waals surface area contributed by atoms with E-state index in [-0.39, 0.29) is 22.8 Å². The molecule has 0 heterocycles. The number of carbonyl (C=O) groups excluding carboxylic acids is 1. The zero-order chi connectivity index (χ0) is 27.2. The van der Waals surface area contributed by atoms with Crippen LogP contribution in [0.15, 0.2) is 67.3 Å². The molecule has 1 unspecified atom stereocenters. The lowest BCUT2D eigenvalue weighted by atomic mass is 9.78. The molecule has 0 amide bonds. The molecule has 0 saturated heterocycles. The van der Waals surface area contributed by atoms with E-state index in [9.17, 15) is 14.3 Å². The highest BCUT2D eigenvalue weighted by atomic mass is 19.2. The SMILES string of the molecule is C=CCCOc1ccc(OC(=O)C2CCC(c3ccc(-c4ccc(C(C)O)cc4)c(F)c3F)CC2)c(F)c1. The van der Waals surface area contributed by atoms with Gasteiger partial charge in [-0.3, -0.25) is 4.79 Å². The van der Waals surface area contributed by atoms with Crippen LogP contribution < -0.4 is 9.47 Å². The van der Waals surface area contributed by atoms with Gasteiger partial charge in [-0.15, -0.1) is 6.58 Å². The molecule has 0 aromatic heterocycles. The van der Waals surface area contributed by atoms with E-state index in [1.807, 2.05) is 0 Å². The van der Waals surface area contributed by atoms with Gasteiger partial charge in [0, 0.05) is 11.6 Å². The maximum Gasteiger partial charge on any atom is 0.314 e. The first-order chi connectivity index (χ1) is 18.3. The smallest absolute Gasteiger partial charge is 0.314 e. The quantitative estimate of drug-likeness (QED) is 0.135. The number of aliphatic hydroxyl groups excluding tert-OH is 1. The van der Waals surface area contributed by atoms with Crippen LogP contribution in [-0.2, 0) is 4.79 Å². The second kappa shape index (κ2) is 12.3. The molecule has 3 aromatic rings. The normalized spacial score (nSPS) is 18.0. The van der Waals surface area contributed by atoms with Crippen LogP contribution in [0.3, 0.4) is 0 Å². The topological polar surface area (TPSA) is 55.8 Å². The van der Waals surface area contributed by atoms with E-state index >= 15 is 8.78 Å². The molecule has 1 atom stereocenters. The Hall–Kier alpha value is -3.58. The van der Waals surface area contributed by atoms with Crippen molar-refractivity contribution in [2.45, 2.75) is 51.0 Å². The van der Waals surface area contributed by atoms with Crippen LogP contribution in [0.1, 0.15) is 62.2 Å². The summed E-state index contributed by atoms with van der Waals surface area (Å²) in [6.45, 7) is 5.60. The van der Waals surface area contributed by atoms with Crippen molar-refractivity contribution < 1.29 is 32.5 Å². The summed E-state index contributed by atoms with van der Waals surface area (Å²) in [5.74, 6) is -3.55. The minimum Gasteiger partial charge on any atom is -0.493 e. The molecular weight excluding hydrogens is 493 g/mol. The molecule has 0 bridgehead atoms. The van der Waals surface area contributed by atoms with Gasteiger partial charge in [0.25, 0.3) is 0 Å². The largest absolute Gasteiger partial charge is 0.493 e. The Morgan fingerprint density at radius 2 is 1.74 bits per heavy atom. The van der Waals surface area contributed by atoms with E-state index in [1.54, 1.807) is 49.4 Å².